The van der Waals surface area contributed by atoms with Crippen molar-refractivity contribution in [2.75, 3.05) is 12.4 Å². The maximum absolute atomic E-state index is 12.3. The number of hydrogen-bond acceptors (Lipinski definition) is 5. The molecule has 0 fully saturated rings. The Hall–Kier alpha value is -1.93. The number of nitrogens with one attached hydrogen (secondary N) is 1. The number of rotatable bonds is 9. The van der Waals surface area contributed by atoms with Crippen LogP contribution in [-0.2, 0) is 11.3 Å². The lowest BCUT2D eigenvalue weighted by molar-refractivity contribution is -0.123. The Kier molecular flexibility index (Phi) is 8.27. The Morgan fingerprint density at radius 1 is 1.13 bits per heavy atom. The van der Waals surface area contributed by atoms with Crippen LogP contribution in [0.4, 0.5) is 0 Å². The van der Waals surface area contributed by atoms with E-state index in [0.29, 0.717) is 26.6 Å². The fourth-order valence-corrected chi connectivity index (χ4v) is 4.01. The average Bonchev–Trinajstić information content (AvgIpc) is 3.12. The number of halogens is 3. The molecule has 0 aliphatic rings. The first-order chi connectivity index (χ1) is 14.5. The van der Waals surface area contributed by atoms with Crippen LogP contribution in [0.1, 0.15) is 19.2 Å². The second-order valence-corrected chi connectivity index (χ2v) is 8.54. The first-order valence-corrected chi connectivity index (χ1v) is 11.3. The maximum atomic E-state index is 12.3. The lowest BCUT2D eigenvalue weighted by Crippen LogP contribution is -2.29. The van der Waals surface area contributed by atoms with Crippen molar-refractivity contribution in [3.8, 4) is 11.4 Å². The van der Waals surface area contributed by atoms with Gasteiger partial charge >= 0.3 is 0 Å². The van der Waals surface area contributed by atoms with E-state index >= 15 is 0 Å². The van der Waals surface area contributed by atoms with E-state index < -0.39 is 0 Å². The smallest absolute Gasteiger partial charge is 0.258 e. The van der Waals surface area contributed by atoms with Gasteiger partial charge in [0.2, 0.25) is 0 Å². The molecule has 0 spiro atoms. The molecule has 2 aromatic carbocycles. The molecule has 3 rings (SSSR count). The fourth-order valence-electron chi connectivity index (χ4n) is 2.54. The number of benzene rings is 2. The molecule has 0 aliphatic carbocycles. The number of nitrogens with zero attached hydrogens (tertiary/aromatic N) is 3. The highest BCUT2D eigenvalue weighted by Crippen LogP contribution is 2.27. The molecule has 0 atom stereocenters. The zero-order chi connectivity index (χ0) is 21.5. The fraction of sp³-hybridized carbons (Fsp3) is 0.250. The zero-order valence-corrected chi connectivity index (χ0v) is 19.2. The molecule has 10 heteroatoms. The minimum atomic E-state index is -0.315. The summed E-state index contributed by atoms with van der Waals surface area (Å²) < 4.78 is 7.36. The van der Waals surface area contributed by atoms with Gasteiger partial charge in [-0.3, -0.25) is 9.36 Å². The monoisotopic (exact) mass is 484 g/mol. The minimum Gasteiger partial charge on any atom is -0.482 e. The number of thioether (sulfide) groups is 1. The van der Waals surface area contributed by atoms with Crippen LogP contribution < -0.4 is 10.1 Å². The third kappa shape index (κ3) is 6.04. The van der Waals surface area contributed by atoms with E-state index in [2.05, 4.69) is 22.4 Å². The largest absolute Gasteiger partial charge is 0.482 e. The van der Waals surface area contributed by atoms with Gasteiger partial charge in [0.05, 0.1) is 17.3 Å². The van der Waals surface area contributed by atoms with Crippen LogP contribution in [0.5, 0.6) is 5.75 Å². The van der Waals surface area contributed by atoms with Crippen molar-refractivity contribution in [3.63, 3.8) is 0 Å². The van der Waals surface area contributed by atoms with E-state index in [-0.39, 0.29) is 19.1 Å². The highest BCUT2D eigenvalue weighted by atomic mass is 35.5. The van der Waals surface area contributed by atoms with Crippen LogP contribution in [0.3, 0.4) is 0 Å². The van der Waals surface area contributed by atoms with Gasteiger partial charge in [-0.25, -0.2) is 0 Å². The third-order valence-corrected chi connectivity index (χ3v) is 5.80. The molecule has 0 saturated heterocycles. The zero-order valence-electron chi connectivity index (χ0n) is 16.1. The predicted octanol–water partition coefficient (Wildman–Crippen LogP) is 5.42. The van der Waals surface area contributed by atoms with Crippen molar-refractivity contribution in [1.82, 2.24) is 20.1 Å². The summed E-state index contributed by atoms with van der Waals surface area (Å²) in [6.45, 7) is 2.09. The molecule has 0 aliphatic heterocycles. The number of carbonyl (C=O) groups is 1. The van der Waals surface area contributed by atoms with Crippen molar-refractivity contribution in [2.45, 2.75) is 25.0 Å². The maximum Gasteiger partial charge on any atom is 0.258 e. The Labute approximate surface area is 193 Å². The van der Waals surface area contributed by atoms with Gasteiger partial charge in [-0.2, -0.15) is 0 Å². The number of aromatic nitrogens is 3. The number of carbonyl (C=O) groups excluding carboxylic acids is 1. The Morgan fingerprint density at radius 3 is 2.67 bits per heavy atom. The van der Waals surface area contributed by atoms with E-state index in [0.717, 1.165) is 23.0 Å². The molecule has 0 radical (unpaired) electrons. The molecule has 0 bridgehead atoms. The van der Waals surface area contributed by atoms with E-state index in [9.17, 15) is 4.79 Å². The highest BCUT2D eigenvalue weighted by molar-refractivity contribution is 7.99. The number of ether oxygens (including phenoxy) is 1. The molecule has 3 aromatic rings. The summed E-state index contributed by atoms with van der Waals surface area (Å²) in [6.07, 6.45) is 1.00. The van der Waals surface area contributed by atoms with Crippen molar-refractivity contribution >= 4 is 52.5 Å². The van der Waals surface area contributed by atoms with Gasteiger partial charge in [-0.1, -0.05) is 59.6 Å². The molecule has 0 saturated carbocycles. The normalized spacial score (nSPS) is 10.8. The molecule has 1 aromatic heterocycles. The van der Waals surface area contributed by atoms with E-state index in [1.807, 2.05) is 22.8 Å². The van der Waals surface area contributed by atoms with Crippen molar-refractivity contribution in [2.24, 2.45) is 0 Å². The van der Waals surface area contributed by atoms with Crippen LogP contribution in [-0.4, -0.2) is 33.0 Å². The minimum absolute atomic E-state index is 0.183. The van der Waals surface area contributed by atoms with Gasteiger partial charge in [-0.05, 0) is 42.8 Å². The van der Waals surface area contributed by atoms with E-state index in [1.165, 1.54) is 0 Å². The first kappa shape index (κ1) is 22.7. The SMILES string of the molecule is CCCSc1nnc(CNC(=O)COc2ccc(Cl)cc2Cl)n1-c1cccc(Cl)c1. The summed E-state index contributed by atoms with van der Waals surface area (Å²) in [5, 5.41) is 13.5. The van der Waals surface area contributed by atoms with Gasteiger partial charge in [0.1, 0.15) is 5.75 Å². The van der Waals surface area contributed by atoms with Crippen LogP contribution in [0.15, 0.2) is 47.6 Å². The Bertz CT molecular complexity index is 1030. The lowest BCUT2D eigenvalue weighted by atomic mass is 10.3. The molecule has 6 nitrogen and oxygen atoms in total. The van der Waals surface area contributed by atoms with Gasteiger partial charge < -0.3 is 10.1 Å². The summed E-state index contributed by atoms with van der Waals surface area (Å²) in [5.41, 5.74) is 0.833. The molecule has 1 heterocycles. The van der Waals surface area contributed by atoms with Gasteiger partial charge in [0, 0.05) is 15.8 Å². The van der Waals surface area contributed by atoms with Crippen molar-refractivity contribution < 1.29 is 9.53 Å². The van der Waals surface area contributed by atoms with Gasteiger partial charge in [-0.15, -0.1) is 10.2 Å². The van der Waals surface area contributed by atoms with Gasteiger partial charge in [0.25, 0.3) is 5.91 Å². The molecular formula is C20H19Cl3N4O2S. The topological polar surface area (TPSA) is 69.0 Å². The molecular weight excluding hydrogens is 467 g/mol. The third-order valence-electron chi connectivity index (χ3n) is 3.90. The summed E-state index contributed by atoms with van der Waals surface area (Å²) in [7, 11) is 0. The predicted molar refractivity (Wildman–Crippen MR) is 121 cm³/mol. The number of hydrogen-bond donors (Lipinski definition) is 1. The first-order valence-electron chi connectivity index (χ1n) is 9.15. The van der Waals surface area contributed by atoms with Crippen molar-refractivity contribution in [1.29, 1.82) is 0 Å². The summed E-state index contributed by atoms with van der Waals surface area (Å²) in [4.78, 5) is 12.3. The lowest BCUT2D eigenvalue weighted by Gasteiger charge is -2.12. The Balaban J connectivity index is 1.68. The van der Waals surface area contributed by atoms with Crippen LogP contribution in [0, 0.1) is 0 Å². The molecule has 1 amide bonds. The molecule has 1 N–H and O–H groups in total. The van der Waals surface area contributed by atoms with Gasteiger partial charge in [0.15, 0.2) is 17.6 Å². The summed E-state index contributed by atoms with van der Waals surface area (Å²) in [5.74, 6) is 1.57. The quantitative estimate of drug-likeness (QED) is 0.410. The molecule has 30 heavy (non-hydrogen) atoms. The number of amides is 1. The standard InChI is InChI=1S/C20H19Cl3N4O2S/c1-2-8-30-20-26-25-18(27(20)15-5-3-4-13(21)9-15)11-24-19(28)12-29-17-7-6-14(22)10-16(17)23/h3-7,9-10H,2,8,11-12H2,1H3,(H,24,28). The van der Waals surface area contributed by atoms with Crippen LogP contribution in [0.25, 0.3) is 5.69 Å². The molecule has 158 valence electrons. The average molecular weight is 486 g/mol. The van der Waals surface area contributed by atoms with E-state index in [1.54, 1.807) is 36.0 Å². The second kappa shape index (κ2) is 10.9. The summed E-state index contributed by atoms with van der Waals surface area (Å²) >= 11 is 19.7. The Morgan fingerprint density at radius 2 is 1.93 bits per heavy atom. The highest BCUT2D eigenvalue weighted by Gasteiger charge is 2.16. The van der Waals surface area contributed by atoms with Crippen LogP contribution >= 0.6 is 46.6 Å². The second-order valence-electron chi connectivity index (χ2n) is 6.20. The van der Waals surface area contributed by atoms with Crippen LogP contribution in [0.2, 0.25) is 15.1 Å². The summed E-state index contributed by atoms with van der Waals surface area (Å²) in [6, 6.07) is 12.2. The van der Waals surface area contributed by atoms with Crippen molar-refractivity contribution in [3.05, 3.63) is 63.4 Å². The van der Waals surface area contributed by atoms with E-state index in [4.69, 9.17) is 39.5 Å². The molecule has 0 unspecified atom stereocenters.